The first kappa shape index (κ1) is 19.1. The van der Waals surface area contributed by atoms with Gasteiger partial charge in [-0.2, -0.15) is 0 Å². The van der Waals surface area contributed by atoms with Gasteiger partial charge in [-0.1, -0.05) is 41.9 Å². The van der Waals surface area contributed by atoms with Gasteiger partial charge in [-0.15, -0.1) is 23.7 Å². The summed E-state index contributed by atoms with van der Waals surface area (Å²) in [5.74, 6) is -0.156. The van der Waals surface area contributed by atoms with Crippen LogP contribution in [0, 0.1) is 0 Å². The Morgan fingerprint density at radius 3 is 2.55 bits per heavy atom. The van der Waals surface area contributed by atoms with E-state index in [9.17, 15) is 4.79 Å². The highest BCUT2D eigenvalue weighted by molar-refractivity contribution is 9.10. The lowest BCUT2D eigenvalue weighted by Gasteiger charge is -2.25. The first-order chi connectivity index (χ1) is 9.92. The number of nitrogens with zero attached hydrogens (tertiary/aromatic N) is 1. The number of nitrogens with one attached hydrogen (secondary N) is 1. The Morgan fingerprint density at radius 1 is 1.36 bits per heavy atom. The highest BCUT2D eigenvalue weighted by Crippen LogP contribution is 2.24. The molecule has 0 radical (unpaired) electrons. The lowest BCUT2D eigenvalue weighted by atomic mass is 9.84. The van der Waals surface area contributed by atoms with Crippen molar-refractivity contribution in [2.24, 2.45) is 5.73 Å². The average molecular weight is 405 g/mol. The highest BCUT2D eigenvalue weighted by atomic mass is 79.9. The van der Waals surface area contributed by atoms with Crippen LogP contribution in [-0.2, 0) is 12.0 Å². The van der Waals surface area contributed by atoms with Crippen molar-refractivity contribution in [3.63, 3.8) is 0 Å². The third-order valence-electron chi connectivity index (χ3n) is 3.28. The molecule has 0 atom stereocenters. The Morgan fingerprint density at radius 2 is 2.00 bits per heavy atom. The maximum absolute atomic E-state index is 12.1. The molecule has 1 aromatic carbocycles. The topological polar surface area (TPSA) is 68.0 Å². The van der Waals surface area contributed by atoms with E-state index in [0.717, 1.165) is 9.48 Å². The Labute approximate surface area is 149 Å². The van der Waals surface area contributed by atoms with Crippen LogP contribution in [0.1, 0.15) is 34.9 Å². The number of hydrogen-bond donors (Lipinski definition) is 2. The quantitative estimate of drug-likeness (QED) is 0.801. The van der Waals surface area contributed by atoms with Crippen LogP contribution in [0.4, 0.5) is 0 Å². The molecule has 0 aliphatic rings. The van der Waals surface area contributed by atoms with Gasteiger partial charge in [-0.05, 0) is 17.7 Å². The molecule has 2 aromatic rings. The van der Waals surface area contributed by atoms with Crippen molar-refractivity contribution < 1.29 is 4.79 Å². The number of hydrogen-bond acceptors (Lipinski definition) is 4. The Hall–Kier alpha value is -0.950. The van der Waals surface area contributed by atoms with Crippen LogP contribution >= 0.6 is 39.7 Å². The first-order valence-electron chi connectivity index (χ1n) is 6.61. The van der Waals surface area contributed by atoms with E-state index in [1.54, 1.807) is 5.38 Å². The zero-order chi connectivity index (χ0) is 15.5. The van der Waals surface area contributed by atoms with Gasteiger partial charge < -0.3 is 11.1 Å². The fourth-order valence-corrected chi connectivity index (χ4v) is 2.82. The van der Waals surface area contributed by atoms with Crippen LogP contribution in [0.2, 0.25) is 0 Å². The third kappa shape index (κ3) is 4.78. The van der Waals surface area contributed by atoms with Crippen LogP contribution in [0.5, 0.6) is 0 Å². The molecule has 0 aliphatic carbocycles. The maximum Gasteiger partial charge on any atom is 0.270 e. The molecule has 4 nitrogen and oxygen atoms in total. The summed E-state index contributed by atoms with van der Waals surface area (Å²) in [6, 6.07) is 8.14. The van der Waals surface area contributed by atoms with E-state index in [-0.39, 0.29) is 23.7 Å². The van der Waals surface area contributed by atoms with Crippen molar-refractivity contribution in [1.82, 2.24) is 10.3 Å². The molecule has 1 aromatic heterocycles. The van der Waals surface area contributed by atoms with E-state index < -0.39 is 0 Å². The highest BCUT2D eigenvalue weighted by Gasteiger charge is 2.22. The number of aromatic nitrogens is 1. The lowest BCUT2D eigenvalue weighted by Crippen LogP contribution is -2.36. The summed E-state index contributed by atoms with van der Waals surface area (Å²) in [5, 5.41) is 5.45. The fraction of sp³-hybridized carbons (Fsp3) is 0.333. The predicted molar refractivity (Wildman–Crippen MR) is 96.8 cm³/mol. The van der Waals surface area contributed by atoms with Crippen LogP contribution < -0.4 is 11.1 Å². The molecule has 2 rings (SSSR count). The molecule has 0 saturated carbocycles. The molecule has 120 valence electrons. The van der Waals surface area contributed by atoms with Gasteiger partial charge in [0, 0.05) is 28.4 Å². The number of benzene rings is 1. The Balaban J connectivity index is 0.00000242. The van der Waals surface area contributed by atoms with E-state index in [1.807, 2.05) is 12.1 Å². The van der Waals surface area contributed by atoms with Crippen molar-refractivity contribution in [3.8, 4) is 0 Å². The monoisotopic (exact) mass is 403 g/mol. The standard InChI is InChI=1S/C15H18BrN3OS.ClH/c1-15(2,10-3-5-11(16)6-4-10)9-18-14(20)12-8-21-13(7-17)19-12;/h3-6,8H,7,9,17H2,1-2H3,(H,18,20);1H. The fourth-order valence-electron chi connectivity index (χ4n) is 1.90. The van der Waals surface area contributed by atoms with Crippen molar-refractivity contribution in [1.29, 1.82) is 0 Å². The largest absolute Gasteiger partial charge is 0.350 e. The molecule has 0 bridgehead atoms. The molecule has 1 heterocycles. The SMILES string of the molecule is CC(C)(CNC(=O)c1csc(CN)n1)c1ccc(Br)cc1.Cl. The molecular formula is C15H19BrClN3OS. The first-order valence-corrected chi connectivity index (χ1v) is 8.28. The molecule has 7 heteroatoms. The minimum absolute atomic E-state index is 0. The van der Waals surface area contributed by atoms with Gasteiger partial charge in [0.15, 0.2) is 0 Å². The van der Waals surface area contributed by atoms with Crippen LogP contribution in [-0.4, -0.2) is 17.4 Å². The van der Waals surface area contributed by atoms with E-state index in [2.05, 4.69) is 52.2 Å². The molecule has 22 heavy (non-hydrogen) atoms. The summed E-state index contributed by atoms with van der Waals surface area (Å²) in [4.78, 5) is 16.3. The van der Waals surface area contributed by atoms with E-state index in [0.29, 0.717) is 18.8 Å². The lowest BCUT2D eigenvalue weighted by molar-refractivity contribution is 0.0941. The second-order valence-electron chi connectivity index (χ2n) is 5.40. The number of thiazole rings is 1. The van der Waals surface area contributed by atoms with Crippen molar-refractivity contribution in [2.75, 3.05) is 6.54 Å². The van der Waals surface area contributed by atoms with Gasteiger partial charge in [-0.25, -0.2) is 4.98 Å². The molecule has 1 amide bonds. The average Bonchev–Trinajstić information content (AvgIpc) is 2.94. The third-order valence-corrected chi connectivity index (χ3v) is 4.68. The molecule has 3 N–H and O–H groups in total. The molecule has 0 saturated heterocycles. The minimum atomic E-state index is -0.156. The van der Waals surface area contributed by atoms with E-state index in [1.165, 1.54) is 16.9 Å². The van der Waals surface area contributed by atoms with Crippen molar-refractivity contribution in [2.45, 2.75) is 25.8 Å². The van der Waals surface area contributed by atoms with E-state index in [4.69, 9.17) is 5.73 Å². The van der Waals surface area contributed by atoms with Gasteiger partial charge in [0.05, 0.1) is 0 Å². The summed E-state index contributed by atoms with van der Waals surface area (Å²) < 4.78 is 1.04. The number of rotatable bonds is 5. The summed E-state index contributed by atoms with van der Waals surface area (Å²) >= 11 is 4.83. The number of nitrogens with two attached hydrogens (primary N) is 1. The van der Waals surface area contributed by atoms with Crippen molar-refractivity contribution in [3.05, 3.63) is 50.4 Å². The van der Waals surface area contributed by atoms with Crippen molar-refractivity contribution >= 4 is 45.6 Å². The molecule has 0 aliphatic heterocycles. The Bertz CT molecular complexity index is 628. The Kier molecular flexibility index (Phi) is 6.99. The molecule has 0 fully saturated rings. The summed E-state index contributed by atoms with van der Waals surface area (Å²) in [6.45, 7) is 5.11. The van der Waals surface area contributed by atoms with Gasteiger partial charge in [0.1, 0.15) is 10.7 Å². The smallest absolute Gasteiger partial charge is 0.270 e. The molecular weight excluding hydrogens is 386 g/mol. The molecule has 0 unspecified atom stereocenters. The molecule has 0 spiro atoms. The van der Waals surface area contributed by atoms with E-state index >= 15 is 0 Å². The second-order valence-corrected chi connectivity index (χ2v) is 7.26. The maximum atomic E-state index is 12.1. The number of carbonyl (C=O) groups is 1. The summed E-state index contributed by atoms with van der Waals surface area (Å²) in [7, 11) is 0. The van der Waals surface area contributed by atoms with Crippen LogP contribution in [0.3, 0.4) is 0 Å². The van der Waals surface area contributed by atoms with Gasteiger partial charge in [0.25, 0.3) is 5.91 Å². The van der Waals surface area contributed by atoms with Gasteiger partial charge in [-0.3, -0.25) is 4.79 Å². The predicted octanol–water partition coefficient (Wildman–Crippen LogP) is 3.49. The van der Waals surface area contributed by atoms with Gasteiger partial charge in [0.2, 0.25) is 0 Å². The van der Waals surface area contributed by atoms with Crippen LogP contribution in [0.15, 0.2) is 34.1 Å². The number of amides is 1. The summed E-state index contributed by atoms with van der Waals surface area (Å²) in [6.07, 6.45) is 0. The zero-order valence-corrected chi connectivity index (χ0v) is 15.6. The second kappa shape index (κ2) is 8.06. The minimum Gasteiger partial charge on any atom is -0.350 e. The van der Waals surface area contributed by atoms with Crippen LogP contribution in [0.25, 0.3) is 0 Å². The zero-order valence-electron chi connectivity index (χ0n) is 12.4. The number of carbonyl (C=O) groups excluding carboxylic acids is 1. The summed E-state index contributed by atoms with van der Waals surface area (Å²) in [5.41, 5.74) is 6.97. The van der Waals surface area contributed by atoms with Gasteiger partial charge >= 0.3 is 0 Å². The number of halogens is 2. The normalized spacial score (nSPS) is 10.9.